The highest BCUT2D eigenvalue weighted by atomic mass is 32.2. The zero-order chi connectivity index (χ0) is 18.4. The van der Waals surface area contributed by atoms with Crippen molar-refractivity contribution < 1.29 is 13.2 Å². The van der Waals surface area contributed by atoms with Crippen LogP contribution in [0.1, 0.15) is 51.0 Å². The molecule has 0 unspecified atom stereocenters. The highest BCUT2D eigenvalue weighted by Crippen LogP contribution is 2.33. The molecule has 0 radical (unpaired) electrons. The van der Waals surface area contributed by atoms with Crippen molar-refractivity contribution >= 4 is 15.7 Å². The molecular weight excluding hydrogens is 348 g/mol. The lowest BCUT2D eigenvalue weighted by Gasteiger charge is -2.26. The minimum atomic E-state index is -3.19. The maximum absolute atomic E-state index is 12.5. The van der Waals surface area contributed by atoms with E-state index in [-0.39, 0.29) is 5.75 Å². The Morgan fingerprint density at radius 1 is 1.08 bits per heavy atom. The van der Waals surface area contributed by atoms with Crippen LogP contribution in [0.2, 0.25) is 0 Å². The molecule has 1 fully saturated rings. The number of benzene rings is 1. The lowest BCUT2D eigenvalue weighted by Crippen LogP contribution is -2.31. The number of piperidine rings is 1. The van der Waals surface area contributed by atoms with Gasteiger partial charge in [0.25, 0.3) is 0 Å². The summed E-state index contributed by atoms with van der Waals surface area (Å²) in [5.41, 5.74) is 1.92. The molecule has 0 atom stereocenters. The van der Waals surface area contributed by atoms with Crippen LogP contribution >= 0.6 is 0 Å². The third kappa shape index (κ3) is 4.92. The summed E-state index contributed by atoms with van der Waals surface area (Å²) in [5, 5.41) is 0. The smallest absolute Gasteiger partial charge is 0.235 e. The van der Waals surface area contributed by atoms with Crippen molar-refractivity contribution in [1.82, 2.24) is 4.90 Å². The summed E-state index contributed by atoms with van der Waals surface area (Å²) in [7, 11) is -3.19. The second-order valence-corrected chi connectivity index (χ2v) is 9.40. The lowest BCUT2D eigenvalue weighted by molar-refractivity contribution is 0.205. The van der Waals surface area contributed by atoms with Gasteiger partial charge in [-0.25, -0.2) is 8.42 Å². The van der Waals surface area contributed by atoms with Gasteiger partial charge in [0.2, 0.25) is 10.0 Å². The van der Waals surface area contributed by atoms with Gasteiger partial charge in [-0.1, -0.05) is 19.8 Å². The summed E-state index contributed by atoms with van der Waals surface area (Å²) in [6.45, 7) is 6.84. The van der Waals surface area contributed by atoms with Crippen LogP contribution in [0.3, 0.4) is 0 Å². The summed E-state index contributed by atoms with van der Waals surface area (Å²) in [6.07, 6.45) is 7.43. The van der Waals surface area contributed by atoms with E-state index in [0.717, 1.165) is 42.8 Å². The number of ether oxygens (including phenoxy) is 1. The molecule has 0 amide bonds. The molecule has 0 spiro atoms. The van der Waals surface area contributed by atoms with E-state index in [4.69, 9.17) is 4.74 Å². The fourth-order valence-corrected chi connectivity index (χ4v) is 5.55. The third-order valence-corrected chi connectivity index (χ3v) is 7.19. The average Bonchev–Trinajstić information content (AvgIpc) is 3.09. The number of hydrogen-bond donors (Lipinski definition) is 0. The molecule has 0 aliphatic carbocycles. The Balaban J connectivity index is 1.51. The summed E-state index contributed by atoms with van der Waals surface area (Å²) < 4.78 is 32.5. The zero-order valence-electron chi connectivity index (χ0n) is 16.0. The number of likely N-dealkylation sites (tertiary alicyclic amines) is 1. The topological polar surface area (TPSA) is 49.9 Å². The predicted molar refractivity (Wildman–Crippen MR) is 107 cm³/mol. The second-order valence-electron chi connectivity index (χ2n) is 7.39. The first-order valence-electron chi connectivity index (χ1n) is 10.1. The number of fused-ring (bicyclic) bond motifs is 1. The molecule has 6 heteroatoms. The van der Waals surface area contributed by atoms with Crippen LogP contribution in [-0.4, -0.2) is 51.9 Å². The minimum Gasteiger partial charge on any atom is -0.494 e. The maximum atomic E-state index is 12.5. The molecule has 0 bridgehead atoms. The van der Waals surface area contributed by atoms with Crippen LogP contribution in [0.4, 0.5) is 5.69 Å². The molecule has 2 aliphatic rings. The van der Waals surface area contributed by atoms with Crippen LogP contribution in [0.25, 0.3) is 0 Å². The van der Waals surface area contributed by atoms with Gasteiger partial charge in [0, 0.05) is 13.1 Å². The Morgan fingerprint density at radius 2 is 1.88 bits per heavy atom. The third-order valence-electron chi connectivity index (χ3n) is 5.33. The predicted octanol–water partition coefficient (Wildman–Crippen LogP) is 3.43. The second kappa shape index (κ2) is 9.09. The fraction of sp³-hybridized carbons (Fsp3) is 0.700. The van der Waals surface area contributed by atoms with Crippen LogP contribution in [0.15, 0.2) is 18.2 Å². The Kier molecular flexibility index (Phi) is 6.81. The molecule has 3 rings (SSSR count). The van der Waals surface area contributed by atoms with E-state index in [1.807, 2.05) is 25.1 Å². The van der Waals surface area contributed by atoms with E-state index in [2.05, 4.69) is 4.90 Å². The van der Waals surface area contributed by atoms with Gasteiger partial charge in [0.1, 0.15) is 5.75 Å². The standard InChI is InChI=1S/C20H32N2O3S/c1-2-3-16-26(23,24)22-14-10-18-17-19(8-9-20(18)22)25-15-7-13-21-11-5-4-6-12-21/h8-9,17H,2-7,10-16H2,1H3. The maximum Gasteiger partial charge on any atom is 0.235 e. The van der Waals surface area contributed by atoms with Crippen LogP contribution in [0, 0.1) is 0 Å². The van der Waals surface area contributed by atoms with Gasteiger partial charge in [0.05, 0.1) is 18.0 Å². The van der Waals surface area contributed by atoms with E-state index in [1.54, 1.807) is 4.31 Å². The van der Waals surface area contributed by atoms with E-state index in [9.17, 15) is 8.42 Å². The quantitative estimate of drug-likeness (QED) is 0.616. The van der Waals surface area contributed by atoms with Crippen molar-refractivity contribution in [2.75, 3.05) is 42.8 Å². The van der Waals surface area contributed by atoms with Crippen LogP contribution in [0.5, 0.6) is 5.75 Å². The highest BCUT2D eigenvalue weighted by molar-refractivity contribution is 7.92. The number of rotatable bonds is 9. The Hall–Kier alpha value is -1.27. The Morgan fingerprint density at radius 3 is 2.65 bits per heavy atom. The number of nitrogens with zero attached hydrogens (tertiary/aromatic N) is 2. The van der Waals surface area contributed by atoms with Gasteiger partial charge in [-0.05, 0) is 69.0 Å². The van der Waals surface area contributed by atoms with E-state index in [0.29, 0.717) is 19.6 Å². The van der Waals surface area contributed by atoms with Gasteiger partial charge in [0.15, 0.2) is 0 Å². The lowest BCUT2D eigenvalue weighted by atomic mass is 10.1. The number of anilines is 1. The number of unbranched alkanes of at least 4 members (excludes halogenated alkanes) is 1. The fourth-order valence-electron chi connectivity index (χ4n) is 3.82. The summed E-state index contributed by atoms with van der Waals surface area (Å²) in [5.74, 6) is 1.09. The molecule has 0 N–H and O–H groups in total. The molecule has 1 saturated heterocycles. The van der Waals surface area contributed by atoms with Gasteiger partial charge < -0.3 is 9.64 Å². The number of hydrogen-bond acceptors (Lipinski definition) is 4. The average molecular weight is 381 g/mol. The molecule has 26 heavy (non-hydrogen) atoms. The van der Waals surface area contributed by atoms with E-state index in [1.165, 1.54) is 32.4 Å². The molecule has 2 heterocycles. The Labute approximate surface area is 158 Å². The van der Waals surface area contributed by atoms with E-state index >= 15 is 0 Å². The molecule has 146 valence electrons. The van der Waals surface area contributed by atoms with Gasteiger partial charge >= 0.3 is 0 Å². The zero-order valence-corrected chi connectivity index (χ0v) is 16.8. The monoisotopic (exact) mass is 380 g/mol. The van der Waals surface area contributed by atoms with Crippen molar-refractivity contribution in [2.24, 2.45) is 0 Å². The molecule has 0 saturated carbocycles. The largest absolute Gasteiger partial charge is 0.494 e. The van der Waals surface area contributed by atoms with Crippen molar-refractivity contribution in [3.8, 4) is 5.75 Å². The molecule has 0 aromatic heterocycles. The first-order valence-corrected chi connectivity index (χ1v) is 11.7. The molecule has 2 aliphatic heterocycles. The van der Waals surface area contributed by atoms with Crippen LogP contribution < -0.4 is 9.04 Å². The molecular formula is C20H32N2O3S. The molecule has 5 nitrogen and oxygen atoms in total. The van der Waals surface area contributed by atoms with Crippen molar-refractivity contribution in [3.05, 3.63) is 23.8 Å². The SMILES string of the molecule is CCCCS(=O)(=O)N1CCc2cc(OCCCN3CCCCC3)ccc21. The summed E-state index contributed by atoms with van der Waals surface area (Å²) in [4.78, 5) is 2.52. The van der Waals surface area contributed by atoms with E-state index < -0.39 is 10.0 Å². The normalized spacial score (nSPS) is 18.1. The first kappa shape index (κ1) is 19.5. The van der Waals surface area contributed by atoms with Gasteiger partial charge in [-0.2, -0.15) is 0 Å². The van der Waals surface area contributed by atoms with Crippen LogP contribution in [-0.2, 0) is 16.4 Å². The molecule has 1 aromatic rings. The molecule has 1 aromatic carbocycles. The van der Waals surface area contributed by atoms with Crippen molar-refractivity contribution in [3.63, 3.8) is 0 Å². The Bertz CT molecular complexity index is 684. The van der Waals surface area contributed by atoms with Gasteiger partial charge in [-0.15, -0.1) is 0 Å². The summed E-state index contributed by atoms with van der Waals surface area (Å²) in [6, 6.07) is 5.84. The highest BCUT2D eigenvalue weighted by Gasteiger charge is 2.29. The minimum absolute atomic E-state index is 0.234. The first-order chi connectivity index (χ1) is 12.6. The van der Waals surface area contributed by atoms with Gasteiger partial charge in [-0.3, -0.25) is 4.31 Å². The number of sulfonamides is 1. The van der Waals surface area contributed by atoms with Crippen molar-refractivity contribution in [2.45, 2.75) is 51.9 Å². The summed E-state index contributed by atoms with van der Waals surface area (Å²) >= 11 is 0. The van der Waals surface area contributed by atoms with Crippen molar-refractivity contribution in [1.29, 1.82) is 0 Å².